The topological polar surface area (TPSA) is 121 Å². The monoisotopic (exact) mass is 694 g/mol. The zero-order valence-electron chi connectivity index (χ0n) is 26.8. The molecule has 244 valence electrons. The molecule has 2 bridgehead atoms. The molecule has 4 aromatic rings. The van der Waals surface area contributed by atoms with Gasteiger partial charge in [0, 0.05) is 34.3 Å². The summed E-state index contributed by atoms with van der Waals surface area (Å²) in [6, 6.07) is 8.53. The minimum atomic E-state index is -1.02. The van der Waals surface area contributed by atoms with Gasteiger partial charge in [-0.3, -0.25) is 0 Å². The Labute approximate surface area is 275 Å². The normalized spacial score (nSPS) is 31.1. The molecule has 4 saturated carbocycles. The molecule has 3 aromatic heterocycles. The van der Waals surface area contributed by atoms with Crippen molar-refractivity contribution in [2.75, 3.05) is 12.3 Å². The number of H-pyrrole nitrogens is 1. The second-order valence-corrected chi connectivity index (χ2v) is 16.3. The van der Waals surface area contributed by atoms with Crippen LogP contribution in [-0.2, 0) is 20.8 Å². The molecule has 1 amide bonds. The van der Waals surface area contributed by atoms with E-state index in [2.05, 4.69) is 59.7 Å². The number of rotatable bonds is 6. The molecule has 4 aliphatic carbocycles. The summed E-state index contributed by atoms with van der Waals surface area (Å²) in [5.74, 6) is -0.226. The number of alkyl halides is 1. The molecule has 1 aromatic carbocycles. The van der Waals surface area contributed by atoms with Crippen molar-refractivity contribution in [1.82, 2.24) is 24.4 Å². The largest absolute Gasteiger partial charge is 0.444 e. The zero-order valence-corrected chi connectivity index (χ0v) is 28.4. The van der Waals surface area contributed by atoms with E-state index in [0.717, 1.165) is 44.1 Å². The fourth-order valence-electron chi connectivity index (χ4n) is 8.54. The Balaban J connectivity index is 1.08. The van der Waals surface area contributed by atoms with Gasteiger partial charge in [-0.15, -0.1) is 0 Å². The average molecular weight is 696 g/mol. The number of carbonyl (C=O) groups excluding carboxylic acids is 1. The van der Waals surface area contributed by atoms with Crippen LogP contribution in [0.25, 0.3) is 21.9 Å². The van der Waals surface area contributed by atoms with Crippen LogP contribution in [0, 0.1) is 5.41 Å². The standard InChI is InChI=1S/C34H40BrFN6O4/c1-31(2,3)46-30(43)41(16-33-13-34(36,14-33)15-33)11-20-8-19-7-6-18(9-23(19)40-20)21-10-24(27-26(21)44-32(4,5)45-27)42-12-22(35)25-28(37)38-17-39-29(25)42/h6-9,12,17,21,24,26-27,40H,10-11,13-16H2,1-5H3,(H2,37,38,39)/t21-,24-,26-,27+,33?,34?/m1/s1. The first-order chi connectivity index (χ1) is 21.6. The number of fused-ring (bicyclic) bond motifs is 3. The van der Waals surface area contributed by atoms with Crippen LogP contribution in [0.3, 0.4) is 0 Å². The van der Waals surface area contributed by atoms with Crippen LogP contribution in [0.15, 0.2) is 41.3 Å². The van der Waals surface area contributed by atoms with Gasteiger partial charge in [-0.1, -0.05) is 12.1 Å². The van der Waals surface area contributed by atoms with E-state index in [0.29, 0.717) is 38.2 Å². The molecular weight excluding hydrogens is 655 g/mol. The Kier molecular flexibility index (Phi) is 6.48. The number of nitrogen functional groups attached to an aromatic ring is 1. The van der Waals surface area contributed by atoms with Crippen molar-refractivity contribution < 1.29 is 23.4 Å². The van der Waals surface area contributed by atoms with Crippen molar-refractivity contribution >= 4 is 49.8 Å². The number of anilines is 1. The van der Waals surface area contributed by atoms with E-state index >= 15 is 0 Å². The lowest BCUT2D eigenvalue weighted by molar-refractivity contribution is -0.220. The van der Waals surface area contributed by atoms with Crippen LogP contribution < -0.4 is 5.73 Å². The fourth-order valence-corrected chi connectivity index (χ4v) is 9.14. The van der Waals surface area contributed by atoms with Crippen molar-refractivity contribution in [3.05, 3.63) is 52.5 Å². The minimum Gasteiger partial charge on any atom is -0.444 e. The van der Waals surface area contributed by atoms with Crippen molar-refractivity contribution in [3.63, 3.8) is 0 Å². The van der Waals surface area contributed by atoms with Crippen molar-refractivity contribution in [2.45, 2.75) is 108 Å². The number of nitrogens with two attached hydrogens (primary N) is 1. The second-order valence-electron chi connectivity index (χ2n) is 15.5. The predicted molar refractivity (Wildman–Crippen MR) is 175 cm³/mol. The number of amides is 1. The number of benzene rings is 1. The van der Waals surface area contributed by atoms with E-state index in [1.807, 2.05) is 40.8 Å². The molecule has 4 heterocycles. The Morgan fingerprint density at radius 1 is 1.20 bits per heavy atom. The minimum absolute atomic E-state index is 0.0300. The third-order valence-electron chi connectivity index (χ3n) is 10.1. The molecule has 4 atom stereocenters. The highest BCUT2D eigenvalue weighted by Gasteiger charge is 2.69. The molecule has 46 heavy (non-hydrogen) atoms. The SMILES string of the molecule is CC(C)(C)OC(=O)N(Cc1cc2ccc([C@H]3C[C@@H](n4cc(Br)c5c(N)ncnc54)[C@@H]4OC(C)(C)O[C@@H]43)cc2[nH]1)CC12CC(F)(C1)C2. The Hall–Kier alpha value is -3.22. The Morgan fingerprint density at radius 3 is 2.65 bits per heavy atom. The summed E-state index contributed by atoms with van der Waals surface area (Å²) in [6.07, 6.45) is 5.17. The molecule has 1 saturated heterocycles. The van der Waals surface area contributed by atoms with Crippen LogP contribution in [0.5, 0.6) is 0 Å². The molecule has 0 unspecified atom stereocenters. The van der Waals surface area contributed by atoms with Crippen LogP contribution in [0.1, 0.15) is 83.5 Å². The summed E-state index contributed by atoms with van der Waals surface area (Å²) in [5, 5.41) is 1.85. The molecule has 5 aliphatic rings. The highest BCUT2D eigenvalue weighted by Crippen LogP contribution is 2.69. The molecule has 1 aliphatic heterocycles. The smallest absolute Gasteiger partial charge is 0.410 e. The zero-order chi connectivity index (χ0) is 32.4. The lowest BCUT2D eigenvalue weighted by Gasteiger charge is -2.66. The number of aromatic nitrogens is 4. The van der Waals surface area contributed by atoms with Crippen LogP contribution in [-0.4, -0.2) is 66.3 Å². The van der Waals surface area contributed by atoms with E-state index in [9.17, 15) is 9.18 Å². The lowest BCUT2D eigenvalue weighted by atomic mass is 9.42. The van der Waals surface area contributed by atoms with Gasteiger partial charge in [0.05, 0.1) is 24.1 Å². The number of carbonyl (C=O) groups is 1. The Morgan fingerprint density at radius 2 is 1.93 bits per heavy atom. The third-order valence-corrected chi connectivity index (χ3v) is 10.7. The summed E-state index contributed by atoms with van der Waals surface area (Å²) in [4.78, 5) is 27.3. The third kappa shape index (κ3) is 4.98. The van der Waals surface area contributed by atoms with Gasteiger partial charge in [0.1, 0.15) is 35.2 Å². The summed E-state index contributed by atoms with van der Waals surface area (Å²) in [5.41, 5.74) is 8.24. The van der Waals surface area contributed by atoms with E-state index < -0.39 is 17.1 Å². The number of hydrogen-bond acceptors (Lipinski definition) is 7. The van der Waals surface area contributed by atoms with Crippen molar-refractivity contribution in [1.29, 1.82) is 0 Å². The van der Waals surface area contributed by atoms with Gasteiger partial charge in [0.25, 0.3) is 0 Å². The van der Waals surface area contributed by atoms with E-state index in [-0.39, 0.29) is 35.7 Å². The lowest BCUT2D eigenvalue weighted by Crippen LogP contribution is -2.68. The van der Waals surface area contributed by atoms with Crippen molar-refractivity contribution in [3.8, 4) is 0 Å². The Bertz CT molecular complexity index is 1860. The van der Waals surface area contributed by atoms with Gasteiger partial charge in [-0.2, -0.15) is 0 Å². The van der Waals surface area contributed by atoms with E-state index in [1.165, 1.54) is 6.33 Å². The maximum Gasteiger partial charge on any atom is 0.410 e. The molecule has 10 nitrogen and oxygen atoms in total. The summed E-state index contributed by atoms with van der Waals surface area (Å²) >= 11 is 3.66. The van der Waals surface area contributed by atoms with Crippen LogP contribution in [0.2, 0.25) is 0 Å². The number of ether oxygens (including phenoxy) is 3. The van der Waals surface area contributed by atoms with Gasteiger partial charge < -0.3 is 34.4 Å². The number of aromatic amines is 1. The second kappa shape index (κ2) is 9.90. The van der Waals surface area contributed by atoms with E-state index in [4.69, 9.17) is 19.9 Å². The maximum absolute atomic E-state index is 14.3. The van der Waals surface area contributed by atoms with Gasteiger partial charge >= 0.3 is 6.09 Å². The molecule has 12 heteroatoms. The number of halogens is 2. The molecule has 0 spiro atoms. The average Bonchev–Trinajstić information content (AvgIpc) is 3.65. The van der Waals surface area contributed by atoms with Gasteiger partial charge in [0.15, 0.2) is 5.79 Å². The summed E-state index contributed by atoms with van der Waals surface area (Å²) in [6.45, 7) is 10.4. The first kappa shape index (κ1) is 30.1. The number of nitrogens with zero attached hydrogens (tertiary/aromatic N) is 4. The number of hydrogen-bond donors (Lipinski definition) is 2. The highest BCUT2D eigenvalue weighted by atomic mass is 79.9. The van der Waals surface area contributed by atoms with Gasteiger partial charge in [-0.05, 0) is 105 Å². The fraction of sp³-hybridized carbons (Fsp3) is 0.559. The number of nitrogens with one attached hydrogen (secondary N) is 1. The molecule has 5 fully saturated rings. The molecule has 0 radical (unpaired) electrons. The van der Waals surface area contributed by atoms with Crippen LogP contribution in [0.4, 0.5) is 15.0 Å². The van der Waals surface area contributed by atoms with E-state index in [1.54, 1.807) is 4.90 Å². The molecule has 9 rings (SSSR count). The summed E-state index contributed by atoms with van der Waals surface area (Å²) < 4.78 is 36.1. The molecule has 3 N–H and O–H groups in total. The van der Waals surface area contributed by atoms with Crippen molar-refractivity contribution in [2.24, 2.45) is 5.41 Å². The van der Waals surface area contributed by atoms with Crippen LogP contribution >= 0.6 is 15.9 Å². The maximum atomic E-state index is 14.3. The first-order valence-electron chi connectivity index (χ1n) is 16.0. The predicted octanol–water partition coefficient (Wildman–Crippen LogP) is 7.14. The van der Waals surface area contributed by atoms with Gasteiger partial charge in [-0.25, -0.2) is 19.2 Å². The first-order valence-corrected chi connectivity index (χ1v) is 16.8. The molecular formula is C34H40BrFN6O4. The summed E-state index contributed by atoms with van der Waals surface area (Å²) in [7, 11) is 0. The quantitative estimate of drug-likeness (QED) is 0.220. The van der Waals surface area contributed by atoms with Gasteiger partial charge in [0.2, 0.25) is 0 Å². The highest BCUT2D eigenvalue weighted by molar-refractivity contribution is 9.10.